The van der Waals surface area contributed by atoms with Crippen LogP contribution < -0.4 is 9.73 Å². The third kappa shape index (κ3) is 5.73. The predicted octanol–water partition coefficient (Wildman–Crippen LogP) is 4.22. The topological polar surface area (TPSA) is 78.8 Å². The Kier molecular flexibility index (Phi) is 7.36. The van der Waals surface area contributed by atoms with Gasteiger partial charge in [-0.15, -0.1) is 0 Å². The molecule has 27 heavy (non-hydrogen) atoms. The molecule has 0 spiro atoms. The number of rotatable bonds is 6. The number of hydrazone groups is 1. The highest BCUT2D eigenvalue weighted by Crippen LogP contribution is 2.33. The molecule has 0 aliphatic heterocycles. The Morgan fingerprint density at radius 3 is 2.22 bits per heavy atom. The zero-order valence-corrected chi connectivity index (χ0v) is 17.6. The molecule has 1 amide bonds. The maximum Gasteiger partial charge on any atom is 0.260 e. The molecule has 6 nitrogen and oxygen atoms in total. The second-order valence-corrected chi connectivity index (χ2v) is 8.78. The van der Waals surface area contributed by atoms with Gasteiger partial charge in [-0.25, -0.2) is 13.8 Å². The van der Waals surface area contributed by atoms with Gasteiger partial charge in [0.2, 0.25) is 10.0 Å². The number of hydrogen-bond donors (Lipinski definition) is 1. The van der Waals surface area contributed by atoms with Gasteiger partial charge in [-0.2, -0.15) is 5.10 Å². The van der Waals surface area contributed by atoms with E-state index in [1.54, 1.807) is 18.2 Å². The second-order valence-electron chi connectivity index (χ2n) is 5.27. The number of anilines is 1. The van der Waals surface area contributed by atoms with Gasteiger partial charge in [-0.05, 0) is 24.3 Å². The first-order valence-corrected chi connectivity index (χ1v) is 10.6. The van der Waals surface area contributed by atoms with E-state index in [1.165, 1.54) is 24.4 Å². The van der Waals surface area contributed by atoms with Crippen LogP contribution in [-0.4, -0.2) is 33.3 Å². The molecule has 2 aromatic carbocycles. The highest BCUT2D eigenvalue weighted by Gasteiger charge is 2.23. The van der Waals surface area contributed by atoms with Crippen molar-refractivity contribution in [2.75, 3.05) is 17.1 Å². The number of halogens is 4. The molecule has 2 rings (SSSR count). The van der Waals surface area contributed by atoms with E-state index in [-0.39, 0.29) is 15.7 Å². The molecule has 0 aliphatic rings. The number of benzene rings is 2. The summed E-state index contributed by atoms with van der Waals surface area (Å²) in [5.74, 6) is -0.698. The molecule has 0 saturated carbocycles. The summed E-state index contributed by atoms with van der Waals surface area (Å²) in [4.78, 5) is 12.2. The van der Waals surface area contributed by atoms with Crippen LogP contribution >= 0.6 is 46.4 Å². The molecule has 0 unspecified atom stereocenters. The van der Waals surface area contributed by atoms with E-state index >= 15 is 0 Å². The molecule has 0 fully saturated rings. The van der Waals surface area contributed by atoms with Crippen molar-refractivity contribution in [2.45, 2.75) is 0 Å². The Morgan fingerprint density at radius 1 is 1.07 bits per heavy atom. The van der Waals surface area contributed by atoms with Gasteiger partial charge < -0.3 is 0 Å². The maximum absolute atomic E-state index is 12.2. The Bertz CT molecular complexity index is 976. The molecule has 144 valence electrons. The minimum Gasteiger partial charge on any atom is -0.271 e. The lowest BCUT2D eigenvalue weighted by molar-refractivity contribution is -0.119. The van der Waals surface area contributed by atoms with Crippen LogP contribution in [-0.2, 0) is 14.8 Å². The van der Waals surface area contributed by atoms with E-state index in [9.17, 15) is 13.2 Å². The minimum absolute atomic E-state index is 0.0174. The van der Waals surface area contributed by atoms with E-state index in [2.05, 4.69) is 10.5 Å². The van der Waals surface area contributed by atoms with Crippen molar-refractivity contribution in [3.05, 3.63) is 62.1 Å². The van der Waals surface area contributed by atoms with Crippen LogP contribution in [0.2, 0.25) is 20.1 Å². The van der Waals surface area contributed by atoms with E-state index < -0.39 is 22.5 Å². The molecule has 0 saturated heterocycles. The summed E-state index contributed by atoms with van der Waals surface area (Å²) in [5.41, 5.74) is 2.72. The Labute approximate surface area is 176 Å². The van der Waals surface area contributed by atoms with Crippen LogP contribution in [0.3, 0.4) is 0 Å². The van der Waals surface area contributed by atoms with Crippen LogP contribution in [0.5, 0.6) is 0 Å². The molecule has 2 aromatic rings. The lowest BCUT2D eigenvalue weighted by Gasteiger charge is -2.22. The standard InChI is InChI=1S/C16H13Cl4N3O3S/c1-27(25,26)23(14-7-3-6-13(19)16(14)20)9-15(24)22-21-8-10-11(17)4-2-5-12(10)18/h2-8H,9H2,1H3,(H,22,24)/b21-8-. The normalized spacial score (nSPS) is 11.6. The van der Waals surface area contributed by atoms with Crippen LogP contribution in [0, 0.1) is 0 Å². The van der Waals surface area contributed by atoms with Crippen molar-refractivity contribution in [3.63, 3.8) is 0 Å². The average molecular weight is 469 g/mol. The average Bonchev–Trinajstić information content (AvgIpc) is 2.57. The molecular formula is C16H13Cl4N3O3S. The fourth-order valence-corrected chi connectivity index (χ4v) is 3.84. The predicted molar refractivity (Wildman–Crippen MR) is 111 cm³/mol. The van der Waals surface area contributed by atoms with E-state index in [0.717, 1.165) is 10.6 Å². The Hall–Kier alpha value is -1.51. The summed E-state index contributed by atoms with van der Waals surface area (Å²) < 4.78 is 25.0. The summed E-state index contributed by atoms with van der Waals surface area (Å²) in [6, 6.07) is 9.36. The Balaban J connectivity index is 2.18. The molecule has 11 heteroatoms. The molecule has 0 radical (unpaired) electrons. The lowest BCUT2D eigenvalue weighted by atomic mass is 10.2. The summed E-state index contributed by atoms with van der Waals surface area (Å²) in [5, 5.41) is 4.64. The molecular weight excluding hydrogens is 456 g/mol. The van der Waals surface area contributed by atoms with Gasteiger partial charge in [0.25, 0.3) is 5.91 Å². The largest absolute Gasteiger partial charge is 0.271 e. The van der Waals surface area contributed by atoms with Gasteiger partial charge in [-0.1, -0.05) is 58.5 Å². The molecule has 0 bridgehead atoms. The van der Waals surface area contributed by atoms with Gasteiger partial charge in [0.15, 0.2) is 0 Å². The van der Waals surface area contributed by atoms with Gasteiger partial charge in [0, 0.05) is 5.56 Å². The van der Waals surface area contributed by atoms with Gasteiger partial charge in [-0.3, -0.25) is 9.10 Å². The summed E-state index contributed by atoms with van der Waals surface area (Å²) in [6.45, 7) is -0.549. The van der Waals surface area contributed by atoms with Crippen LogP contribution in [0.25, 0.3) is 0 Å². The molecule has 1 N–H and O–H groups in total. The SMILES string of the molecule is CS(=O)(=O)N(CC(=O)N/N=C\c1c(Cl)cccc1Cl)c1cccc(Cl)c1Cl. The summed E-state index contributed by atoms with van der Waals surface area (Å²) in [7, 11) is -3.81. The monoisotopic (exact) mass is 467 g/mol. The molecule has 0 atom stereocenters. The van der Waals surface area contributed by atoms with Crippen molar-refractivity contribution in [2.24, 2.45) is 5.10 Å². The van der Waals surface area contributed by atoms with Crippen molar-refractivity contribution in [3.8, 4) is 0 Å². The van der Waals surface area contributed by atoms with Crippen LogP contribution in [0.1, 0.15) is 5.56 Å². The van der Waals surface area contributed by atoms with Crippen LogP contribution in [0.15, 0.2) is 41.5 Å². The van der Waals surface area contributed by atoms with Crippen molar-refractivity contribution < 1.29 is 13.2 Å². The number of nitrogens with zero attached hydrogens (tertiary/aromatic N) is 2. The zero-order chi connectivity index (χ0) is 20.2. The number of nitrogens with one attached hydrogen (secondary N) is 1. The van der Waals surface area contributed by atoms with Crippen molar-refractivity contribution in [1.29, 1.82) is 0 Å². The van der Waals surface area contributed by atoms with Gasteiger partial charge in [0.05, 0.1) is 38.2 Å². The fourth-order valence-electron chi connectivity index (χ4n) is 2.03. The first-order valence-electron chi connectivity index (χ1n) is 7.29. The minimum atomic E-state index is -3.81. The van der Waals surface area contributed by atoms with E-state index in [1.807, 2.05) is 0 Å². The molecule has 0 aliphatic carbocycles. The maximum atomic E-state index is 12.2. The number of carbonyl (C=O) groups excluding carboxylic acids is 1. The lowest BCUT2D eigenvalue weighted by Crippen LogP contribution is -2.39. The van der Waals surface area contributed by atoms with Crippen molar-refractivity contribution >= 4 is 74.2 Å². The highest BCUT2D eigenvalue weighted by atomic mass is 35.5. The van der Waals surface area contributed by atoms with E-state index in [0.29, 0.717) is 15.6 Å². The van der Waals surface area contributed by atoms with Crippen molar-refractivity contribution in [1.82, 2.24) is 5.43 Å². The smallest absolute Gasteiger partial charge is 0.260 e. The fraction of sp³-hybridized carbons (Fsp3) is 0.125. The quantitative estimate of drug-likeness (QED) is 0.509. The summed E-state index contributed by atoms with van der Waals surface area (Å²) in [6.07, 6.45) is 2.21. The Morgan fingerprint density at radius 2 is 1.63 bits per heavy atom. The number of hydrogen-bond acceptors (Lipinski definition) is 4. The number of sulfonamides is 1. The zero-order valence-electron chi connectivity index (χ0n) is 13.8. The summed E-state index contributed by atoms with van der Waals surface area (Å²) >= 11 is 24.0. The first-order chi connectivity index (χ1) is 12.6. The van der Waals surface area contributed by atoms with Gasteiger partial charge in [0.1, 0.15) is 6.54 Å². The molecule has 0 heterocycles. The third-order valence-electron chi connectivity index (χ3n) is 3.27. The molecule has 0 aromatic heterocycles. The van der Waals surface area contributed by atoms with Crippen LogP contribution in [0.4, 0.5) is 5.69 Å². The number of carbonyl (C=O) groups is 1. The third-order valence-corrected chi connectivity index (χ3v) is 5.86. The van der Waals surface area contributed by atoms with E-state index in [4.69, 9.17) is 46.4 Å². The number of amides is 1. The van der Waals surface area contributed by atoms with Gasteiger partial charge >= 0.3 is 0 Å². The highest BCUT2D eigenvalue weighted by molar-refractivity contribution is 7.92. The first kappa shape index (κ1) is 21.8. The second kappa shape index (κ2) is 9.12.